The van der Waals surface area contributed by atoms with Crippen molar-refractivity contribution in [2.75, 3.05) is 24.7 Å². The van der Waals surface area contributed by atoms with Gasteiger partial charge in [-0.1, -0.05) is 12.1 Å². The molecule has 8 nitrogen and oxygen atoms in total. The number of amides is 2. The first-order valence-electron chi connectivity index (χ1n) is 11.5. The second-order valence-electron chi connectivity index (χ2n) is 8.71. The Kier molecular flexibility index (Phi) is 6.01. The van der Waals surface area contributed by atoms with Gasteiger partial charge in [0.25, 0.3) is 11.8 Å². The molecular formula is C28H23NO7. The summed E-state index contributed by atoms with van der Waals surface area (Å²) >= 11 is 0. The Balaban J connectivity index is 1.30. The molecule has 36 heavy (non-hydrogen) atoms. The smallest absolute Gasteiger partial charge is 0.338 e. The minimum Gasteiger partial charge on any atom is -0.490 e. The lowest BCUT2D eigenvalue weighted by Gasteiger charge is -2.17. The quantitative estimate of drug-likeness (QED) is 0.302. The molecule has 2 aliphatic heterocycles. The van der Waals surface area contributed by atoms with Crippen LogP contribution in [0.1, 0.15) is 59.0 Å². The molecule has 0 aliphatic carbocycles. The van der Waals surface area contributed by atoms with E-state index in [2.05, 4.69) is 0 Å². The van der Waals surface area contributed by atoms with E-state index >= 15 is 0 Å². The maximum Gasteiger partial charge on any atom is 0.338 e. The summed E-state index contributed by atoms with van der Waals surface area (Å²) in [5.41, 5.74) is 2.92. The van der Waals surface area contributed by atoms with E-state index in [0.717, 1.165) is 22.4 Å². The molecule has 3 aromatic carbocycles. The number of carbonyl (C=O) groups is 4. The van der Waals surface area contributed by atoms with Gasteiger partial charge in [-0.15, -0.1) is 0 Å². The first-order chi connectivity index (χ1) is 17.3. The Hall–Kier alpha value is -4.46. The molecule has 2 amide bonds. The molecule has 0 aromatic heterocycles. The normalized spacial score (nSPS) is 14.3. The highest BCUT2D eigenvalue weighted by molar-refractivity contribution is 6.35. The summed E-state index contributed by atoms with van der Waals surface area (Å²) in [5, 5.41) is 0. The highest BCUT2D eigenvalue weighted by Gasteiger charge is 2.38. The molecule has 0 N–H and O–H groups in total. The van der Waals surface area contributed by atoms with Crippen molar-refractivity contribution in [3.8, 4) is 11.5 Å². The third-order valence-corrected chi connectivity index (χ3v) is 6.13. The number of anilines is 1. The second kappa shape index (κ2) is 9.30. The maximum atomic E-state index is 13.1. The van der Waals surface area contributed by atoms with Crippen LogP contribution < -0.4 is 14.4 Å². The second-order valence-corrected chi connectivity index (χ2v) is 8.71. The van der Waals surface area contributed by atoms with E-state index in [0.29, 0.717) is 36.0 Å². The molecule has 0 radical (unpaired) electrons. The highest BCUT2D eigenvalue weighted by atomic mass is 16.5. The number of aryl methyl sites for hydroxylation is 2. The van der Waals surface area contributed by atoms with E-state index in [4.69, 9.17) is 14.2 Å². The Morgan fingerprint density at radius 2 is 1.56 bits per heavy atom. The van der Waals surface area contributed by atoms with Gasteiger partial charge in [0.1, 0.15) is 0 Å². The molecule has 0 saturated heterocycles. The van der Waals surface area contributed by atoms with Gasteiger partial charge in [0.05, 0.1) is 35.6 Å². The average molecular weight is 485 g/mol. The van der Waals surface area contributed by atoms with Gasteiger partial charge >= 0.3 is 5.97 Å². The van der Waals surface area contributed by atoms with Crippen molar-refractivity contribution in [1.82, 2.24) is 0 Å². The number of rotatable bonds is 5. The summed E-state index contributed by atoms with van der Waals surface area (Å²) in [4.78, 5) is 52.5. The summed E-state index contributed by atoms with van der Waals surface area (Å²) in [6.45, 7) is 4.23. The number of ketones is 1. The summed E-state index contributed by atoms with van der Waals surface area (Å²) in [6.07, 6.45) is 0.743. The van der Waals surface area contributed by atoms with Crippen molar-refractivity contribution in [3.05, 3.63) is 88.0 Å². The zero-order valence-electron chi connectivity index (χ0n) is 19.8. The Bertz CT molecular complexity index is 1430. The predicted molar refractivity (Wildman–Crippen MR) is 130 cm³/mol. The summed E-state index contributed by atoms with van der Waals surface area (Å²) in [6, 6.07) is 14.5. The first kappa shape index (κ1) is 23.3. The van der Waals surface area contributed by atoms with E-state index in [1.807, 2.05) is 26.0 Å². The lowest BCUT2D eigenvalue weighted by Crippen LogP contribution is -2.30. The molecule has 0 fully saturated rings. The van der Waals surface area contributed by atoms with Crippen molar-refractivity contribution >= 4 is 29.3 Å². The summed E-state index contributed by atoms with van der Waals surface area (Å²) < 4.78 is 16.4. The number of fused-ring (bicyclic) bond motifs is 2. The number of Topliss-reactive ketones (excluding diaryl/α,β-unsaturated/α-hetero) is 1. The fraction of sp³-hybridized carbons (Fsp3) is 0.214. The minimum absolute atomic E-state index is 0.0733. The zero-order chi connectivity index (χ0) is 25.4. The van der Waals surface area contributed by atoms with Gasteiger partial charge in [0.15, 0.2) is 23.9 Å². The third kappa shape index (κ3) is 4.22. The fourth-order valence-corrected chi connectivity index (χ4v) is 4.18. The summed E-state index contributed by atoms with van der Waals surface area (Å²) in [7, 11) is 0. The van der Waals surface area contributed by atoms with Crippen LogP contribution >= 0.6 is 0 Å². The first-order valence-corrected chi connectivity index (χ1v) is 11.5. The van der Waals surface area contributed by atoms with Crippen LogP contribution in [0.3, 0.4) is 0 Å². The zero-order valence-corrected chi connectivity index (χ0v) is 19.8. The average Bonchev–Trinajstić information content (AvgIpc) is 3.02. The standard InChI is InChI=1S/C28H23NO7/c1-16-4-5-17(2)22(12-16)29-26(31)20-8-6-19(13-21(20)27(29)32)28(33)36-15-23(30)18-7-9-24-25(14-18)35-11-3-10-34-24/h4-9,12-14H,3,10-11,15H2,1-2H3. The maximum absolute atomic E-state index is 13.1. The lowest BCUT2D eigenvalue weighted by atomic mass is 10.1. The van der Waals surface area contributed by atoms with Gasteiger partial charge in [0.2, 0.25) is 0 Å². The van der Waals surface area contributed by atoms with Crippen LogP contribution in [-0.4, -0.2) is 43.4 Å². The third-order valence-electron chi connectivity index (χ3n) is 6.13. The molecule has 2 aliphatic rings. The van der Waals surface area contributed by atoms with E-state index in [1.54, 1.807) is 24.3 Å². The number of carbonyl (C=O) groups excluding carboxylic acids is 4. The number of nitrogens with zero attached hydrogens (tertiary/aromatic N) is 1. The van der Waals surface area contributed by atoms with Crippen LogP contribution in [0, 0.1) is 13.8 Å². The molecule has 0 atom stereocenters. The molecule has 2 heterocycles. The van der Waals surface area contributed by atoms with E-state index in [1.165, 1.54) is 18.2 Å². The molecule has 3 aromatic rings. The molecule has 0 bridgehead atoms. The SMILES string of the molecule is Cc1ccc(C)c(N2C(=O)c3ccc(C(=O)OCC(=O)c4ccc5c(c4)OCCCO5)cc3C2=O)c1. The van der Waals surface area contributed by atoms with Gasteiger partial charge in [0, 0.05) is 12.0 Å². The molecular weight excluding hydrogens is 462 g/mol. The number of ether oxygens (including phenoxy) is 3. The van der Waals surface area contributed by atoms with Crippen LogP contribution in [0.4, 0.5) is 5.69 Å². The van der Waals surface area contributed by atoms with Crippen molar-refractivity contribution in [3.63, 3.8) is 0 Å². The van der Waals surface area contributed by atoms with Crippen LogP contribution in [0.25, 0.3) is 0 Å². The molecule has 182 valence electrons. The van der Waals surface area contributed by atoms with Gasteiger partial charge in [-0.25, -0.2) is 9.69 Å². The monoisotopic (exact) mass is 485 g/mol. The topological polar surface area (TPSA) is 99.2 Å². The number of esters is 1. The van der Waals surface area contributed by atoms with E-state index < -0.39 is 30.2 Å². The van der Waals surface area contributed by atoms with E-state index in [-0.39, 0.29) is 16.7 Å². The van der Waals surface area contributed by atoms with Crippen molar-refractivity contribution in [2.45, 2.75) is 20.3 Å². The summed E-state index contributed by atoms with van der Waals surface area (Å²) in [5.74, 6) is -1.11. The van der Waals surface area contributed by atoms with Crippen LogP contribution in [-0.2, 0) is 4.74 Å². The molecule has 0 spiro atoms. The molecule has 8 heteroatoms. The molecule has 0 saturated carbocycles. The largest absolute Gasteiger partial charge is 0.490 e. The fourth-order valence-electron chi connectivity index (χ4n) is 4.18. The Morgan fingerprint density at radius 1 is 0.833 bits per heavy atom. The van der Waals surface area contributed by atoms with Gasteiger partial charge < -0.3 is 14.2 Å². The van der Waals surface area contributed by atoms with Gasteiger partial charge in [-0.05, 0) is 67.4 Å². The Morgan fingerprint density at radius 3 is 2.36 bits per heavy atom. The van der Waals surface area contributed by atoms with Crippen molar-refractivity contribution in [2.24, 2.45) is 0 Å². The molecule has 5 rings (SSSR count). The van der Waals surface area contributed by atoms with Crippen LogP contribution in [0.2, 0.25) is 0 Å². The minimum atomic E-state index is -0.772. The molecule has 0 unspecified atom stereocenters. The number of benzene rings is 3. The van der Waals surface area contributed by atoms with Gasteiger partial charge in [-0.2, -0.15) is 0 Å². The van der Waals surface area contributed by atoms with E-state index in [9.17, 15) is 19.2 Å². The predicted octanol–water partition coefficient (Wildman–Crippen LogP) is 4.31. The number of hydrogen-bond donors (Lipinski definition) is 0. The Labute approximate surface area is 207 Å². The van der Waals surface area contributed by atoms with Crippen LogP contribution in [0.15, 0.2) is 54.6 Å². The highest BCUT2D eigenvalue weighted by Crippen LogP contribution is 2.32. The van der Waals surface area contributed by atoms with Crippen molar-refractivity contribution < 1.29 is 33.4 Å². The number of hydrogen-bond acceptors (Lipinski definition) is 7. The van der Waals surface area contributed by atoms with Crippen molar-refractivity contribution in [1.29, 1.82) is 0 Å². The van der Waals surface area contributed by atoms with Crippen LogP contribution in [0.5, 0.6) is 11.5 Å². The van der Waals surface area contributed by atoms with Gasteiger partial charge in [-0.3, -0.25) is 14.4 Å². The lowest BCUT2D eigenvalue weighted by molar-refractivity contribution is 0.0474. The number of imide groups is 1.